The number of hydrogen-bond acceptors (Lipinski definition) is 5. The summed E-state index contributed by atoms with van der Waals surface area (Å²) in [6.07, 6.45) is 5.08. The average molecular weight is 343 g/mol. The summed E-state index contributed by atoms with van der Waals surface area (Å²) in [6, 6.07) is 3.64. The largest absolute Gasteiger partial charge is 0.383 e. The average Bonchev–Trinajstić information content (AvgIpc) is 3.06. The van der Waals surface area contributed by atoms with E-state index < -0.39 is 10.2 Å². The van der Waals surface area contributed by atoms with Crippen LogP contribution in [-0.4, -0.2) is 69.1 Å². The fourth-order valence-corrected chi connectivity index (χ4v) is 4.63. The van der Waals surface area contributed by atoms with Gasteiger partial charge in [0.25, 0.3) is 10.2 Å². The lowest BCUT2D eigenvalue weighted by molar-refractivity contribution is 0.146. The maximum absolute atomic E-state index is 13.1. The Kier molecular flexibility index (Phi) is 6.91. The van der Waals surface area contributed by atoms with Gasteiger partial charge in [0.05, 0.1) is 19.3 Å². The van der Waals surface area contributed by atoms with Gasteiger partial charge in [-0.3, -0.25) is 4.98 Å². The second kappa shape index (κ2) is 8.70. The lowest BCUT2D eigenvalue weighted by atomic mass is 10.1. The lowest BCUT2D eigenvalue weighted by Crippen LogP contribution is -2.46. The zero-order valence-electron chi connectivity index (χ0n) is 13.7. The molecule has 0 N–H and O–H groups in total. The minimum atomic E-state index is -3.56. The molecule has 23 heavy (non-hydrogen) atoms. The van der Waals surface area contributed by atoms with Gasteiger partial charge in [0.2, 0.25) is 0 Å². The van der Waals surface area contributed by atoms with Gasteiger partial charge in [-0.2, -0.15) is 17.0 Å². The van der Waals surface area contributed by atoms with Crippen LogP contribution in [0.25, 0.3) is 0 Å². The van der Waals surface area contributed by atoms with Gasteiger partial charge in [-0.05, 0) is 30.5 Å². The van der Waals surface area contributed by atoms with Crippen molar-refractivity contribution < 1.29 is 17.9 Å². The van der Waals surface area contributed by atoms with Crippen molar-refractivity contribution in [3.8, 4) is 0 Å². The van der Waals surface area contributed by atoms with Gasteiger partial charge in [0, 0.05) is 46.2 Å². The minimum Gasteiger partial charge on any atom is -0.383 e. The van der Waals surface area contributed by atoms with Crippen LogP contribution in [0, 0.1) is 0 Å². The summed E-state index contributed by atoms with van der Waals surface area (Å²) < 4.78 is 39.2. The van der Waals surface area contributed by atoms with Crippen LogP contribution in [0.4, 0.5) is 0 Å². The van der Waals surface area contributed by atoms with Crippen LogP contribution < -0.4 is 0 Å². The van der Waals surface area contributed by atoms with Crippen molar-refractivity contribution >= 4 is 10.2 Å². The van der Waals surface area contributed by atoms with Gasteiger partial charge in [-0.25, -0.2) is 0 Å². The third-order valence-corrected chi connectivity index (χ3v) is 6.05. The van der Waals surface area contributed by atoms with Gasteiger partial charge in [0.15, 0.2) is 0 Å². The highest BCUT2D eigenvalue weighted by molar-refractivity contribution is 7.86. The zero-order chi connectivity index (χ0) is 16.7. The van der Waals surface area contributed by atoms with E-state index in [1.807, 2.05) is 12.1 Å². The van der Waals surface area contributed by atoms with Crippen molar-refractivity contribution in [1.82, 2.24) is 13.6 Å². The van der Waals surface area contributed by atoms with Crippen LogP contribution in [0.1, 0.15) is 24.4 Å². The number of aromatic nitrogens is 1. The Hall–Kier alpha value is -1.06. The summed E-state index contributed by atoms with van der Waals surface area (Å²) >= 11 is 0. The van der Waals surface area contributed by atoms with Crippen molar-refractivity contribution in [2.75, 3.05) is 47.1 Å². The molecule has 1 atom stereocenters. The molecule has 1 fully saturated rings. The van der Waals surface area contributed by atoms with Crippen LogP contribution in [0.15, 0.2) is 24.5 Å². The molecule has 0 amide bonds. The van der Waals surface area contributed by atoms with Gasteiger partial charge >= 0.3 is 0 Å². The summed E-state index contributed by atoms with van der Waals surface area (Å²) in [4.78, 5) is 4.01. The fourth-order valence-electron chi connectivity index (χ4n) is 2.81. The molecular formula is C15H25N3O4S. The van der Waals surface area contributed by atoms with Crippen molar-refractivity contribution in [3.05, 3.63) is 30.1 Å². The summed E-state index contributed by atoms with van der Waals surface area (Å²) in [6.45, 7) is 1.89. The Labute approximate surface area is 138 Å². The predicted molar refractivity (Wildman–Crippen MR) is 87.2 cm³/mol. The van der Waals surface area contributed by atoms with E-state index >= 15 is 0 Å². The molecule has 7 nitrogen and oxygen atoms in total. The van der Waals surface area contributed by atoms with Gasteiger partial charge in [-0.15, -0.1) is 0 Å². The Morgan fingerprint density at radius 1 is 1.22 bits per heavy atom. The molecular weight excluding hydrogens is 318 g/mol. The van der Waals surface area contributed by atoms with Gasteiger partial charge in [-0.1, -0.05) is 0 Å². The monoisotopic (exact) mass is 343 g/mol. The molecule has 0 bridgehead atoms. The minimum absolute atomic E-state index is 0.129. The number of methoxy groups -OCH3 is 2. The lowest BCUT2D eigenvalue weighted by Gasteiger charge is -2.31. The van der Waals surface area contributed by atoms with Crippen LogP contribution in [0.3, 0.4) is 0 Å². The molecule has 0 saturated carbocycles. The number of rotatable bonds is 9. The van der Waals surface area contributed by atoms with E-state index in [4.69, 9.17) is 9.47 Å². The van der Waals surface area contributed by atoms with Gasteiger partial charge in [0.1, 0.15) is 0 Å². The quantitative estimate of drug-likeness (QED) is 0.670. The normalized spacial score (nSPS) is 19.5. The number of ether oxygens (including phenoxy) is 2. The molecule has 0 aliphatic carbocycles. The summed E-state index contributed by atoms with van der Waals surface area (Å²) in [7, 11) is -0.424. The van der Waals surface area contributed by atoms with E-state index in [0.29, 0.717) is 32.8 Å². The first-order valence-corrected chi connectivity index (χ1v) is 9.15. The maximum Gasteiger partial charge on any atom is 0.282 e. The third-order valence-electron chi connectivity index (χ3n) is 4.01. The van der Waals surface area contributed by atoms with Crippen molar-refractivity contribution in [2.45, 2.75) is 18.9 Å². The number of pyridine rings is 1. The van der Waals surface area contributed by atoms with E-state index in [9.17, 15) is 8.42 Å². The topological polar surface area (TPSA) is 72.0 Å². The molecule has 1 aromatic rings. The van der Waals surface area contributed by atoms with Crippen LogP contribution in [-0.2, 0) is 19.7 Å². The van der Waals surface area contributed by atoms with E-state index in [0.717, 1.165) is 18.4 Å². The second-order valence-electron chi connectivity index (χ2n) is 5.44. The smallest absolute Gasteiger partial charge is 0.282 e. The first kappa shape index (κ1) is 18.3. The Bertz CT molecular complexity index is 559. The molecule has 1 aromatic heterocycles. The molecule has 8 heteroatoms. The van der Waals surface area contributed by atoms with Crippen molar-refractivity contribution in [2.24, 2.45) is 0 Å². The van der Waals surface area contributed by atoms with Crippen LogP contribution in [0.5, 0.6) is 0 Å². The van der Waals surface area contributed by atoms with E-state index in [2.05, 4.69) is 4.98 Å². The second-order valence-corrected chi connectivity index (χ2v) is 7.32. The Morgan fingerprint density at radius 2 is 1.83 bits per heavy atom. The predicted octanol–water partition coefficient (Wildman–Crippen LogP) is 1.06. The molecule has 0 radical (unpaired) electrons. The number of hydrogen-bond donors (Lipinski definition) is 0. The Morgan fingerprint density at radius 3 is 2.39 bits per heavy atom. The SMILES string of the molecule is COCCN(CCOC)S(=O)(=O)N1CCC[C@@H]1c1ccncc1. The zero-order valence-corrected chi connectivity index (χ0v) is 14.5. The number of nitrogens with zero attached hydrogens (tertiary/aromatic N) is 3. The summed E-state index contributed by atoms with van der Waals surface area (Å²) in [5.41, 5.74) is 0.986. The first-order valence-electron chi connectivity index (χ1n) is 7.76. The Balaban J connectivity index is 2.20. The van der Waals surface area contributed by atoms with Gasteiger partial charge < -0.3 is 9.47 Å². The molecule has 2 rings (SSSR count). The molecule has 0 unspecified atom stereocenters. The van der Waals surface area contributed by atoms with E-state index in [1.165, 1.54) is 4.31 Å². The first-order chi connectivity index (χ1) is 11.1. The molecule has 1 aliphatic heterocycles. The molecule has 130 valence electrons. The van der Waals surface area contributed by atoms with Crippen molar-refractivity contribution in [1.29, 1.82) is 0 Å². The molecule has 0 aromatic carbocycles. The van der Waals surface area contributed by atoms with E-state index in [-0.39, 0.29) is 6.04 Å². The fraction of sp³-hybridized carbons (Fsp3) is 0.667. The highest BCUT2D eigenvalue weighted by Gasteiger charge is 2.38. The van der Waals surface area contributed by atoms with E-state index in [1.54, 1.807) is 30.9 Å². The van der Waals surface area contributed by atoms with Crippen LogP contribution >= 0.6 is 0 Å². The highest BCUT2D eigenvalue weighted by atomic mass is 32.2. The van der Waals surface area contributed by atoms with Crippen LogP contribution in [0.2, 0.25) is 0 Å². The molecule has 1 aliphatic rings. The standard InChI is InChI=1S/C15H25N3O4S/c1-21-12-10-17(11-13-22-2)23(19,20)18-9-3-4-15(18)14-5-7-16-8-6-14/h5-8,15H,3-4,9-13H2,1-2H3/t15-/m1/s1. The van der Waals surface area contributed by atoms with Crippen molar-refractivity contribution in [3.63, 3.8) is 0 Å². The molecule has 0 spiro atoms. The molecule has 1 saturated heterocycles. The summed E-state index contributed by atoms with van der Waals surface area (Å²) in [5.74, 6) is 0. The molecule has 2 heterocycles. The highest BCUT2D eigenvalue weighted by Crippen LogP contribution is 2.34. The third kappa shape index (κ3) is 4.48. The maximum atomic E-state index is 13.1. The summed E-state index contributed by atoms with van der Waals surface area (Å²) in [5, 5.41) is 0.